The smallest absolute Gasteiger partial charge is 0.123 e. The molecule has 118 valence electrons. The Balaban J connectivity index is 1.83. The molecule has 0 atom stereocenters. The Morgan fingerprint density at radius 1 is 0.875 bits per heavy atom. The molecule has 0 radical (unpaired) electrons. The number of phenols is 1. The van der Waals surface area contributed by atoms with Crippen LogP contribution >= 0.6 is 31.9 Å². The zero-order valence-electron chi connectivity index (χ0n) is 12.4. The van der Waals surface area contributed by atoms with Gasteiger partial charge in [-0.25, -0.2) is 0 Å². The third-order valence-electron chi connectivity index (χ3n) is 3.89. The highest BCUT2D eigenvalue weighted by atomic mass is 79.9. The van der Waals surface area contributed by atoms with Gasteiger partial charge in [0.25, 0.3) is 0 Å². The van der Waals surface area contributed by atoms with E-state index >= 15 is 0 Å². The molecule has 0 bridgehead atoms. The molecule has 0 aliphatic heterocycles. The van der Waals surface area contributed by atoms with Crippen LogP contribution in [0.4, 0.5) is 0 Å². The number of rotatable bonds is 2. The minimum atomic E-state index is 0.246. The zero-order valence-corrected chi connectivity index (χ0v) is 15.6. The Kier molecular flexibility index (Phi) is 3.90. The van der Waals surface area contributed by atoms with E-state index in [-0.39, 0.29) is 5.75 Å². The number of halogens is 2. The van der Waals surface area contributed by atoms with Gasteiger partial charge in [-0.2, -0.15) is 0 Å². The highest BCUT2D eigenvalue weighted by molar-refractivity contribution is 9.10. The van der Waals surface area contributed by atoms with Gasteiger partial charge < -0.3 is 10.1 Å². The van der Waals surface area contributed by atoms with Gasteiger partial charge >= 0.3 is 0 Å². The molecule has 2 heterocycles. The molecule has 5 heteroatoms. The molecule has 0 aliphatic rings. The summed E-state index contributed by atoms with van der Waals surface area (Å²) in [6.07, 6.45) is 1.76. The molecule has 3 nitrogen and oxygen atoms in total. The van der Waals surface area contributed by atoms with Crippen LogP contribution in [0.1, 0.15) is 0 Å². The third kappa shape index (κ3) is 2.85. The first-order valence-corrected chi connectivity index (χ1v) is 8.92. The molecule has 0 aliphatic carbocycles. The Bertz CT molecular complexity index is 1060. The molecule has 0 unspecified atom stereocenters. The van der Waals surface area contributed by atoms with E-state index in [2.05, 4.69) is 54.0 Å². The van der Waals surface area contributed by atoms with E-state index in [1.54, 1.807) is 12.3 Å². The molecule has 2 aromatic carbocycles. The molecule has 0 amide bonds. The molecule has 2 aromatic heterocycles. The fourth-order valence-electron chi connectivity index (χ4n) is 2.72. The molecule has 0 spiro atoms. The summed E-state index contributed by atoms with van der Waals surface area (Å²) in [5, 5.41) is 11.3. The molecule has 24 heavy (non-hydrogen) atoms. The molecule has 0 fully saturated rings. The summed E-state index contributed by atoms with van der Waals surface area (Å²) in [4.78, 5) is 7.86. The highest BCUT2D eigenvalue weighted by Gasteiger charge is 2.09. The lowest BCUT2D eigenvalue weighted by molar-refractivity contribution is 0.477. The van der Waals surface area contributed by atoms with Gasteiger partial charge in [-0.15, -0.1) is 0 Å². The maximum Gasteiger partial charge on any atom is 0.123 e. The first kappa shape index (κ1) is 15.4. The number of H-pyrrole nitrogens is 1. The number of aromatic nitrogens is 2. The van der Waals surface area contributed by atoms with Crippen molar-refractivity contribution < 1.29 is 5.11 Å². The number of pyridine rings is 1. The van der Waals surface area contributed by atoms with E-state index in [4.69, 9.17) is 0 Å². The zero-order chi connectivity index (χ0) is 16.7. The average Bonchev–Trinajstić information content (AvgIpc) is 3.00. The molecule has 2 N–H and O–H groups in total. The predicted molar refractivity (Wildman–Crippen MR) is 104 cm³/mol. The second-order valence-electron chi connectivity index (χ2n) is 5.51. The second-order valence-corrected chi connectivity index (χ2v) is 7.34. The standard InChI is InChI=1S/C19H12Br2N2O/c20-13-3-4-19(24)15(9-13)11-5-6-22-17(7-11)18-8-12-1-2-14(21)10-16(12)23-18/h1-10,23-24H. The van der Waals surface area contributed by atoms with Gasteiger partial charge in [0.2, 0.25) is 0 Å². The average molecular weight is 444 g/mol. The van der Waals surface area contributed by atoms with Crippen molar-refractivity contribution >= 4 is 42.8 Å². The van der Waals surface area contributed by atoms with Crippen LogP contribution in [0.2, 0.25) is 0 Å². The monoisotopic (exact) mass is 442 g/mol. The maximum absolute atomic E-state index is 10.1. The lowest BCUT2D eigenvalue weighted by Crippen LogP contribution is -1.86. The second kappa shape index (κ2) is 6.07. The predicted octanol–water partition coefficient (Wildman–Crippen LogP) is 6.13. The SMILES string of the molecule is Oc1ccc(Br)cc1-c1ccnc(-c2cc3ccc(Br)cc3[nH]2)c1. The van der Waals surface area contributed by atoms with E-state index in [1.165, 1.54) is 0 Å². The Morgan fingerprint density at radius 3 is 2.54 bits per heavy atom. The minimum absolute atomic E-state index is 0.246. The van der Waals surface area contributed by atoms with Gasteiger partial charge in [-0.3, -0.25) is 4.98 Å². The first-order chi connectivity index (χ1) is 11.6. The molecule has 0 saturated carbocycles. The Labute approximate surface area is 155 Å². The summed E-state index contributed by atoms with van der Waals surface area (Å²) in [5.74, 6) is 0.246. The van der Waals surface area contributed by atoms with E-state index < -0.39 is 0 Å². The van der Waals surface area contributed by atoms with Gasteiger partial charge in [-0.05, 0) is 54.1 Å². The Hall–Kier alpha value is -2.11. The van der Waals surface area contributed by atoms with Crippen LogP contribution in [0, 0.1) is 0 Å². The largest absolute Gasteiger partial charge is 0.507 e. The lowest BCUT2D eigenvalue weighted by Gasteiger charge is -2.07. The summed E-state index contributed by atoms with van der Waals surface area (Å²) in [5.41, 5.74) is 4.51. The van der Waals surface area contributed by atoms with Crippen molar-refractivity contribution in [2.75, 3.05) is 0 Å². The summed E-state index contributed by atoms with van der Waals surface area (Å²) < 4.78 is 1.95. The van der Waals surface area contributed by atoms with E-state index in [0.717, 1.165) is 42.4 Å². The molecule has 0 saturated heterocycles. The van der Waals surface area contributed by atoms with E-state index in [1.807, 2.05) is 36.4 Å². The minimum Gasteiger partial charge on any atom is -0.507 e. The van der Waals surface area contributed by atoms with Gasteiger partial charge in [0, 0.05) is 31.6 Å². The van der Waals surface area contributed by atoms with Crippen LogP contribution in [0.25, 0.3) is 33.4 Å². The van der Waals surface area contributed by atoms with Gasteiger partial charge in [0.15, 0.2) is 0 Å². The number of hydrogen-bond acceptors (Lipinski definition) is 2. The first-order valence-electron chi connectivity index (χ1n) is 7.34. The molecule has 4 rings (SSSR count). The molecular weight excluding hydrogens is 432 g/mol. The lowest BCUT2D eigenvalue weighted by atomic mass is 10.0. The summed E-state index contributed by atoms with van der Waals surface area (Å²) in [7, 11) is 0. The fraction of sp³-hybridized carbons (Fsp3) is 0. The van der Waals surface area contributed by atoms with E-state index in [9.17, 15) is 5.11 Å². The van der Waals surface area contributed by atoms with Crippen molar-refractivity contribution in [3.8, 4) is 28.3 Å². The summed E-state index contributed by atoms with van der Waals surface area (Å²) >= 11 is 6.94. The third-order valence-corrected chi connectivity index (χ3v) is 4.88. The van der Waals surface area contributed by atoms with E-state index in [0.29, 0.717) is 0 Å². The number of nitrogens with zero attached hydrogens (tertiary/aromatic N) is 1. The van der Waals surface area contributed by atoms with Crippen LogP contribution in [0.3, 0.4) is 0 Å². The van der Waals surface area contributed by atoms with Crippen molar-refractivity contribution in [1.29, 1.82) is 0 Å². The fourth-order valence-corrected chi connectivity index (χ4v) is 3.44. The quantitative estimate of drug-likeness (QED) is 0.391. The summed E-state index contributed by atoms with van der Waals surface area (Å²) in [6, 6.07) is 17.5. The van der Waals surface area contributed by atoms with Crippen molar-refractivity contribution in [3.63, 3.8) is 0 Å². The van der Waals surface area contributed by atoms with Crippen molar-refractivity contribution in [2.45, 2.75) is 0 Å². The van der Waals surface area contributed by atoms with Crippen molar-refractivity contribution in [1.82, 2.24) is 9.97 Å². The number of hydrogen-bond donors (Lipinski definition) is 2. The number of nitrogens with one attached hydrogen (secondary N) is 1. The highest BCUT2D eigenvalue weighted by Crippen LogP contribution is 2.33. The van der Waals surface area contributed by atoms with Crippen LogP contribution in [-0.4, -0.2) is 15.1 Å². The normalized spacial score (nSPS) is 11.1. The number of benzene rings is 2. The van der Waals surface area contributed by atoms with Crippen LogP contribution < -0.4 is 0 Å². The van der Waals surface area contributed by atoms with Crippen LogP contribution in [-0.2, 0) is 0 Å². The maximum atomic E-state index is 10.1. The Morgan fingerprint density at radius 2 is 1.67 bits per heavy atom. The van der Waals surface area contributed by atoms with Crippen LogP contribution in [0.15, 0.2) is 69.7 Å². The van der Waals surface area contributed by atoms with Gasteiger partial charge in [0.1, 0.15) is 5.75 Å². The summed E-state index contributed by atoms with van der Waals surface area (Å²) in [6.45, 7) is 0. The number of aromatic hydroxyl groups is 1. The van der Waals surface area contributed by atoms with Crippen LogP contribution in [0.5, 0.6) is 5.75 Å². The van der Waals surface area contributed by atoms with Gasteiger partial charge in [-0.1, -0.05) is 37.9 Å². The van der Waals surface area contributed by atoms with Gasteiger partial charge in [0.05, 0.1) is 11.4 Å². The number of fused-ring (bicyclic) bond motifs is 1. The number of phenolic OH excluding ortho intramolecular Hbond substituents is 1. The topological polar surface area (TPSA) is 48.9 Å². The molecular formula is C19H12Br2N2O. The number of aromatic amines is 1. The van der Waals surface area contributed by atoms with Crippen molar-refractivity contribution in [2.24, 2.45) is 0 Å². The van der Waals surface area contributed by atoms with Crippen molar-refractivity contribution in [3.05, 3.63) is 69.7 Å². The molecule has 4 aromatic rings.